The Bertz CT molecular complexity index is 153. The zero-order valence-electron chi connectivity index (χ0n) is 4.63. The molecule has 1 N–H and O–H groups in total. The van der Waals surface area contributed by atoms with Gasteiger partial charge in [-0.2, -0.15) is 0 Å². The maximum Gasteiger partial charge on any atom is 0.163 e. The van der Waals surface area contributed by atoms with Crippen molar-refractivity contribution in [1.29, 1.82) is 0 Å². The molecule has 0 aromatic heterocycles. The van der Waals surface area contributed by atoms with Gasteiger partial charge in [0.15, 0.2) is 11.1 Å². The molecular formula is C5H8O2S. The third kappa shape index (κ3) is 0.717. The second-order valence-corrected chi connectivity index (χ2v) is 3.60. The third-order valence-corrected chi connectivity index (χ3v) is 2.49. The van der Waals surface area contributed by atoms with Crippen LogP contribution in [-0.2, 0) is 11.1 Å². The van der Waals surface area contributed by atoms with Crippen LogP contribution in [0.15, 0.2) is 12.2 Å². The molecule has 0 heterocycles. The van der Waals surface area contributed by atoms with E-state index in [1.807, 2.05) is 6.08 Å². The molecule has 0 aromatic carbocycles. The first kappa shape index (κ1) is 5.98. The second-order valence-electron chi connectivity index (χ2n) is 2.17. The summed E-state index contributed by atoms with van der Waals surface area (Å²) in [4.78, 5) is 0. The lowest BCUT2D eigenvalue weighted by molar-refractivity contribution is 0.522. The van der Waals surface area contributed by atoms with E-state index in [4.69, 9.17) is 4.55 Å². The van der Waals surface area contributed by atoms with Crippen molar-refractivity contribution in [2.75, 3.05) is 0 Å². The molecule has 0 saturated heterocycles. The predicted molar refractivity (Wildman–Crippen MR) is 32.9 cm³/mol. The molecule has 0 bridgehead atoms. The van der Waals surface area contributed by atoms with E-state index in [1.54, 1.807) is 13.0 Å². The first-order valence-electron chi connectivity index (χ1n) is 2.44. The van der Waals surface area contributed by atoms with Gasteiger partial charge >= 0.3 is 0 Å². The molecule has 0 amide bonds. The number of hydrogen-bond donors (Lipinski definition) is 1. The summed E-state index contributed by atoms with van der Waals surface area (Å²) in [6.45, 7) is 1.77. The van der Waals surface area contributed by atoms with E-state index >= 15 is 0 Å². The van der Waals surface area contributed by atoms with E-state index in [-0.39, 0.29) is 0 Å². The first-order chi connectivity index (χ1) is 3.65. The maximum absolute atomic E-state index is 10.4. The van der Waals surface area contributed by atoms with E-state index in [1.165, 1.54) is 0 Å². The van der Waals surface area contributed by atoms with E-state index in [2.05, 4.69) is 0 Å². The highest BCUT2D eigenvalue weighted by molar-refractivity contribution is 7.81. The van der Waals surface area contributed by atoms with E-state index < -0.39 is 15.8 Å². The minimum absolute atomic E-state index is 0.431. The van der Waals surface area contributed by atoms with E-state index in [0.717, 1.165) is 6.42 Å². The van der Waals surface area contributed by atoms with Gasteiger partial charge in [-0.3, -0.25) is 0 Å². The fourth-order valence-corrected chi connectivity index (χ4v) is 1.03. The molecule has 2 unspecified atom stereocenters. The van der Waals surface area contributed by atoms with Gasteiger partial charge in [0.2, 0.25) is 0 Å². The Hall–Kier alpha value is -0.150. The third-order valence-electron chi connectivity index (χ3n) is 1.39. The van der Waals surface area contributed by atoms with Crippen LogP contribution in [0.1, 0.15) is 13.3 Å². The molecule has 2 atom stereocenters. The zero-order valence-corrected chi connectivity index (χ0v) is 5.44. The maximum atomic E-state index is 10.4. The van der Waals surface area contributed by atoms with Gasteiger partial charge in [0.1, 0.15) is 0 Å². The monoisotopic (exact) mass is 132 g/mol. The quantitative estimate of drug-likeness (QED) is 0.425. The highest BCUT2D eigenvalue weighted by atomic mass is 32.2. The second kappa shape index (κ2) is 1.67. The van der Waals surface area contributed by atoms with E-state index in [9.17, 15) is 4.21 Å². The van der Waals surface area contributed by atoms with Crippen molar-refractivity contribution in [3.05, 3.63) is 12.2 Å². The smallest absolute Gasteiger partial charge is 0.163 e. The molecule has 8 heavy (non-hydrogen) atoms. The van der Waals surface area contributed by atoms with Gasteiger partial charge in [-0.25, -0.2) is 4.21 Å². The summed E-state index contributed by atoms with van der Waals surface area (Å²) < 4.78 is 18.5. The molecule has 0 radical (unpaired) electrons. The summed E-state index contributed by atoms with van der Waals surface area (Å²) >= 11 is -1.68. The van der Waals surface area contributed by atoms with Gasteiger partial charge in [0.05, 0.1) is 4.75 Å². The largest absolute Gasteiger partial charge is 0.305 e. The van der Waals surface area contributed by atoms with Gasteiger partial charge in [-0.1, -0.05) is 12.2 Å². The lowest BCUT2D eigenvalue weighted by Crippen LogP contribution is -2.32. The van der Waals surface area contributed by atoms with Crippen molar-refractivity contribution in [1.82, 2.24) is 0 Å². The number of hydrogen-bond acceptors (Lipinski definition) is 1. The summed E-state index contributed by atoms with van der Waals surface area (Å²) in [6, 6.07) is 0. The lowest BCUT2D eigenvalue weighted by Gasteiger charge is -2.26. The Balaban J connectivity index is 2.70. The molecular weight excluding hydrogens is 124 g/mol. The van der Waals surface area contributed by atoms with Crippen LogP contribution in [0.2, 0.25) is 0 Å². The summed E-state index contributed by atoms with van der Waals surface area (Å²) in [6.07, 6.45) is 4.40. The fourth-order valence-electron chi connectivity index (χ4n) is 0.579. The molecule has 1 aliphatic rings. The van der Waals surface area contributed by atoms with Crippen molar-refractivity contribution in [2.45, 2.75) is 18.1 Å². The molecule has 1 aliphatic carbocycles. The molecule has 0 aliphatic heterocycles. The first-order valence-corrected chi connectivity index (χ1v) is 3.54. The standard InChI is InChI=1S/C5H8O2S/c1-5(8(6)7)3-2-4-5/h2-3H,4H2,1H3,(H,6,7). The summed E-state index contributed by atoms with van der Waals surface area (Å²) in [5, 5.41) is 0. The molecule has 0 saturated carbocycles. The fraction of sp³-hybridized carbons (Fsp3) is 0.600. The average molecular weight is 132 g/mol. The summed E-state index contributed by atoms with van der Waals surface area (Å²) in [7, 11) is 0. The summed E-state index contributed by atoms with van der Waals surface area (Å²) in [5.41, 5.74) is 0. The van der Waals surface area contributed by atoms with E-state index in [0.29, 0.717) is 0 Å². The molecule has 3 heteroatoms. The van der Waals surface area contributed by atoms with Crippen LogP contribution >= 0.6 is 0 Å². The Morgan fingerprint density at radius 1 is 1.88 bits per heavy atom. The number of allylic oxidation sites excluding steroid dienone is 1. The minimum Gasteiger partial charge on any atom is -0.305 e. The highest BCUT2D eigenvalue weighted by Gasteiger charge is 2.31. The van der Waals surface area contributed by atoms with Crippen LogP contribution in [0, 0.1) is 0 Å². The Kier molecular flexibility index (Phi) is 1.25. The Morgan fingerprint density at radius 2 is 2.38 bits per heavy atom. The van der Waals surface area contributed by atoms with Crippen molar-refractivity contribution < 1.29 is 8.76 Å². The molecule has 0 fully saturated rings. The average Bonchev–Trinajstić information content (AvgIpc) is 1.60. The molecule has 0 spiro atoms. The zero-order chi connectivity index (χ0) is 6.20. The van der Waals surface area contributed by atoms with Crippen molar-refractivity contribution in [3.8, 4) is 0 Å². The highest BCUT2D eigenvalue weighted by Crippen LogP contribution is 2.27. The van der Waals surface area contributed by atoms with Crippen LogP contribution in [0.5, 0.6) is 0 Å². The van der Waals surface area contributed by atoms with Gasteiger partial charge < -0.3 is 4.55 Å². The van der Waals surface area contributed by atoms with Crippen LogP contribution in [0.4, 0.5) is 0 Å². The number of rotatable bonds is 1. The normalized spacial score (nSPS) is 38.8. The molecule has 46 valence electrons. The Labute approximate surface area is 50.9 Å². The SMILES string of the molecule is CC1(S(=O)O)C=CC1. The van der Waals surface area contributed by atoms with Crippen molar-refractivity contribution in [3.63, 3.8) is 0 Å². The Morgan fingerprint density at radius 3 is 2.38 bits per heavy atom. The van der Waals surface area contributed by atoms with Gasteiger partial charge in [-0.15, -0.1) is 0 Å². The van der Waals surface area contributed by atoms with Crippen LogP contribution in [0.25, 0.3) is 0 Å². The summed E-state index contributed by atoms with van der Waals surface area (Å²) in [5.74, 6) is 0. The van der Waals surface area contributed by atoms with Gasteiger partial charge in [0.25, 0.3) is 0 Å². The molecule has 0 aromatic rings. The molecule has 2 nitrogen and oxygen atoms in total. The molecule has 1 rings (SSSR count). The van der Waals surface area contributed by atoms with Crippen LogP contribution in [-0.4, -0.2) is 13.5 Å². The minimum atomic E-state index is -1.68. The van der Waals surface area contributed by atoms with Crippen molar-refractivity contribution in [2.24, 2.45) is 0 Å². The lowest BCUT2D eigenvalue weighted by atomic mass is 9.97. The van der Waals surface area contributed by atoms with Crippen LogP contribution in [0.3, 0.4) is 0 Å². The predicted octanol–water partition coefficient (Wildman–Crippen LogP) is 0.927. The van der Waals surface area contributed by atoms with Gasteiger partial charge in [0, 0.05) is 0 Å². The topological polar surface area (TPSA) is 37.3 Å². The van der Waals surface area contributed by atoms with Crippen molar-refractivity contribution >= 4 is 11.1 Å². The van der Waals surface area contributed by atoms with Crippen LogP contribution < -0.4 is 0 Å². The van der Waals surface area contributed by atoms with Gasteiger partial charge in [-0.05, 0) is 13.3 Å².